The van der Waals surface area contributed by atoms with Gasteiger partial charge in [0.1, 0.15) is 9.88 Å². The Morgan fingerprint density at radius 2 is 2.24 bits per heavy atom. The summed E-state index contributed by atoms with van der Waals surface area (Å²) >= 11 is 3.49. The third-order valence-corrected chi connectivity index (χ3v) is 5.41. The van der Waals surface area contributed by atoms with Crippen LogP contribution in [0, 0.1) is 6.92 Å². The summed E-state index contributed by atoms with van der Waals surface area (Å²) in [6, 6.07) is 0. The summed E-state index contributed by atoms with van der Waals surface area (Å²) in [6.45, 7) is 9.00. The first-order valence-electron chi connectivity index (χ1n) is 7.49. The number of hydrogen-bond donors (Lipinski definition) is 1. The number of esters is 1. The number of ether oxygens (including phenoxy) is 1. The minimum absolute atomic E-state index is 0.143. The van der Waals surface area contributed by atoms with Gasteiger partial charge in [0.15, 0.2) is 0 Å². The van der Waals surface area contributed by atoms with E-state index in [-0.39, 0.29) is 5.97 Å². The molecule has 0 aliphatic carbocycles. The van der Waals surface area contributed by atoms with E-state index in [0.29, 0.717) is 6.61 Å². The van der Waals surface area contributed by atoms with E-state index in [1.54, 1.807) is 23.1 Å². The van der Waals surface area contributed by atoms with Crippen molar-refractivity contribution in [1.82, 2.24) is 10.3 Å². The number of hydrogen-bond acceptors (Lipinski definition) is 6. The fourth-order valence-electron chi connectivity index (χ4n) is 2.08. The number of thioether (sulfide) groups is 1. The summed E-state index contributed by atoms with van der Waals surface area (Å²) in [5, 5.41) is 5.34. The molecule has 21 heavy (non-hydrogen) atoms. The predicted octanol–water partition coefficient (Wildman–Crippen LogP) is 3.65. The zero-order chi connectivity index (χ0) is 15.7. The predicted molar refractivity (Wildman–Crippen MR) is 90.1 cm³/mol. The van der Waals surface area contributed by atoms with Crippen LogP contribution in [0.4, 0.5) is 0 Å². The molecule has 0 bridgehead atoms. The first kappa shape index (κ1) is 18.5. The zero-order valence-corrected chi connectivity index (χ0v) is 15.0. The van der Waals surface area contributed by atoms with Gasteiger partial charge in [-0.3, -0.25) is 4.79 Å². The van der Waals surface area contributed by atoms with Gasteiger partial charge in [0.05, 0.1) is 6.61 Å². The number of unbranched alkanes of at least 4 members (excludes halogenated alkanes) is 1. The molecule has 1 aromatic rings. The highest BCUT2D eigenvalue weighted by molar-refractivity contribution is 8.00. The standard InChI is InChI=1S/C15H26N2O2S2/c1-5-16-15(4,13(18)19-6-2)9-7-8-10-20-14-17-12(3)11-21-14/h11,16H,5-10H2,1-4H3. The molecule has 0 radical (unpaired) electrons. The topological polar surface area (TPSA) is 51.2 Å². The van der Waals surface area contributed by atoms with Gasteiger partial charge >= 0.3 is 5.97 Å². The maximum Gasteiger partial charge on any atom is 0.326 e. The summed E-state index contributed by atoms with van der Waals surface area (Å²) < 4.78 is 6.31. The molecule has 1 atom stereocenters. The molecule has 0 amide bonds. The lowest BCUT2D eigenvalue weighted by Gasteiger charge is -2.28. The van der Waals surface area contributed by atoms with Gasteiger partial charge in [-0.05, 0) is 40.2 Å². The summed E-state index contributed by atoms with van der Waals surface area (Å²) in [7, 11) is 0. The Morgan fingerprint density at radius 3 is 2.81 bits per heavy atom. The van der Waals surface area contributed by atoms with Crippen LogP contribution in [0.3, 0.4) is 0 Å². The molecule has 1 rings (SSSR count). The van der Waals surface area contributed by atoms with Gasteiger partial charge in [0, 0.05) is 16.8 Å². The minimum Gasteiger partial charge on any atom is -0.465 e. The Hall–Kier alpha value is -0.590. The third-order valence-electron chi connectivity index (χ3n) is 3.19. The van der Waals surface area contributed by atoms with Crippen LogP contribution in [0.1, 0.15) is 45.7 Å². The van der Waals surface area contributed by atoms with Crippen LogP contribution in [0.2, 0.25) is 0 Å². The van der Waals surface area contributed by atoms with Gasteiger partial charge in [0.25, 0.3) is 0 Å². The fourth-order valence-corrected chi connectivity index (χ4v) is 4.00. The molecule has 1 heterocycles. The Labute approximate surface area is 136 Å². The first-order valence-corrected chi connectivity index (χ1v) is 9.35. The Kier molecular flexibility index (Phi) is 8.29. The highest BCUT2D eigenvalue weighted by atomic mass is 32.2. The molecule has 0 saturated carbocycles. The van der Waals surface area contributed by atoms with Crippen molar-refractivity contribution < 1.29 is 9.53 Å². The molecule has 0 aromatic carbocycles. The molecule has 0 aliphatic heterocycles. The quantitative estimate of drug-likeness (QED) is 0.403. The number of carbonyl (C=O) groups excluding carboxylic acids is 1. The average Bonchev–Trinajstić information content (AvgIpc) is 2.84. The largest absolute Gasteiger partial charge is 0.465 e. The van der Waals surface area contributed by atoms with Crippen LogP contribution in [0.5, 0.6) is 0 Å². The van der Waals surface area contributed by atoms with E-state index in [2.05, 4.69) is 15.7 Å². The van der Waals surface area contributed by atoms with E-state index in [0.717, 1.165) is 41.6 Å². The number of nitrogens with one attached hydrogen (secondary N) is 1. The molecule has 0 aliphatic rings. The summed E-state index contributed by atoms with van der Waals surface area (Å²) in [5.41, 5.74) is 0.525. The second-order valence-electron chi connectivity index (χ2n) is 5.14. The fraction of sp³-hybridized carbons (Fsp3) is 0.733. The van der Waals surface area contributed by atoms with Gasteiger partial charge in [-0.1, -0.05) is 25.1 Å². The van der Waals surface area contributed by atoms with Gasteiger partial charge in [-0.25, -0.2) is 4.98 Å². The van der Waals surface area contributed by atoms with Crippen LogP contribution in [0.25, 0.3) is 0 Å². The molecular weight excluding hydrogens is 304 g/mol. The Morgan fingerprint density at radius 1 is 1.48 bits per heavy atom. The second-order valence-corrected chi connectivity index (χ2v) is 7.34. The maximum absolute atomic E-state index is 12.0. The second kappa shape index (κ2) is 9.43. The molecule has 120 valence electrons. The van der Waals surface area contributed by atoms with Crippen molar-refractivity contribution in [3.8, 4) is 0 Å². The lowest BCUT2D eigenvalue weighted by Crippen LogP contribution is -2.50. The van der Waals surface area contributed by atoms with E-state index in [1.807, 2.05) is 27.7 Å². The molecular formula is C15H26N2O2S2. The molecule has 0 saturated heterocycles. The lowest BCUT2D eigenvalue weighted by atomic mass is 9.95. The Balaban J connectivity index is 2.31. The molecule has 1 unspecified atom stereocenters. The number of thiazole rings is 1. The zero-order valence-electron chi connectivity index (χ0n) is 13.4. The van der Waals surface area contributed by atoms with Gasteiger partial charge in [-0.2, -0.15) is 0 Å². The van der Waals surface area contributed by atoms with Crippen LogP contribution in [0.15, 0.2) is 9.72 Å². The highest BCUT2D eigenvalue weighted by Gasteiger charge is 2.32. The molecule has 1 N–H and O–H groups in total. The van der Waals surface area contributed by atoms with Crippen LogP contribution < -0.4 is 5.32 Å². The molecule has 4 nitrogen and oxygen atoms in total. The third kappa shape index (κ3) is 6.36. The molecule has 0 spiro atoms. The van der Waals surface area contributed by atoms with E-state index in [4.69, 9.17) is 4.74 Å². The highest BCUT2D eigenvalue weighted by Crippen LogP contribution is 2.24. The van der Waals surface area contributed by atoms with Crippen LogP contribution in [-0.2, 0) is 9.53 Å². The monoisotopic (exact) mass is 330 g/mol. The van der Waals surface area contributed by atoms with E-state index < -0.39 is 5.54 Å². The van der Waals surface area contributed by atoms with Crippen molar-refractivity contribution in [3.05, 3.63) is 11.1 Å². The van der Waals surface area contributed by atoms with Gasteiger partial charge in [-0.15, -0.1) is 11.3 Å². The van der Waals surface area contributed by atoms with Crippen molar-refractivity contribution in [2.75, 3.05) is 18.9 Å². The van der Waals surface area contributed by atoms with Crippen molar-refractivity contribution in [2.45, 2.75) is 56.8 Å². The smallest absolute Gasteiger partial charge is 0.326 e. The van der Waals surface area contributed by atoms with Crippen molar-refractivity contribution in [2.24, 2.45) is 0 Å². The first-order chi connectivity index (χ1) is 10.0. The van der Waals surface area contributed by atoms with E-state index in [1.165, 1.54) is 0 Å². The van der Waals surface area contributed by atoms with E-state index in [9.17, 15) is 4.79 Å². The van der Waals surface area contributed by atoms with Gasteiger partial charge in [0.2, 0.25) is 0 Å². The Bertz CT molecular complexity index is 437. The molecule has 6 heteroatoms. The normalized spacial score (nSPS) is 13.9. The van der Waals surface area contributed by atoms with Crippen LogP contribution >= 0.6 is 23.1 Å². The minimum atomic E-state index is -0.562. The van der Waals surface area contributed by atoms with Crippen molar-refractivity contribution in [1.29, 1.82) is 0 Å². The number of nitrogens with zero attached hydrogens (tertiary/aromatic N) is 1. The molecule has 0 fully saturated rings. The lowest BCUT2D eigenvalue weighted by molar-refractivity contribution is -0.150. The van der Waals surface area contributed by atoms with Gasteiger partial charge < -0.3 is 10.1 Å². The van der Waals surface area contributed by atoms with Crippen LogP contribution in [-0.4, -0.2) is 35.4 Å². The SMILES string of the molecule is CCNC(C)(CCCCSc1nc(C)cs1)C(=O)OCC. The number of aromatic nitrogens is 1. The summed E-state index contributed by atoms with van der Waals surface area (Å²) in [5.74, 6) is 0.896. The van der Waals surface area contributed by atoms with Crippen molar-refractivity contribution in [3.63, 3.8) is 0 Å². The summed E-state index contributed by atoms with van der Waals surface area (Å²) in [6.07, 6.45) is 2.88. The summed E-state index contributed by atoms with van der Waals surface area (Å²) in [4.78, 5) is 16.5. The average molecular weight is 331 g/mol. The number of rotatable bonds is 10. The number of aryl methyl sites for hydroxylation is 1. The maximum atomic E-state index is 12.0. The van der Waals surface area contributed by atoms with Crippen molar-refractivity contribution >= 4 is 29.1 Å². The number of likely N-dealkylation sites (N-methyl/N-ethyl adjacent to an activating group) is 1. The van der Waals surface area contributed by atoms with E-state index >= 15 is 0 Å². The number of carbonyl (C=O) groups is 1. The molecule has 1 aromatic heterocycles.